The van der Waals surface area contributed by atoms with E-state index in [9.17, 15) is 9.90 Å². The van der Waals surface area contributed by atoms with Crippen molar-refractivity contribution in [1.82, 2.24) is 4.98 Å². The molecule has 1 fully saturated rings. The summed E-state index contributed by atoms with van der Waals surface area (Å²) in [6.07, 6.45) is 6.84. The van der Waals surface area contributed by atoms with Crippen molar-refractivity contribution in [3.05, 3.63) is 71.4 Å². The minimum absolute atomic E-state index is 0.400. The van der Waals surface area contributed by atoms with E-state index < -0.39 is 17.4 Å². The molecule has 34 heavy (non-hydrogen) atoms. The van der Waals surface area contributed by atoms with Crippen LogP contribution in [0.15, 0.2) is 54.7 Å². The number of anilines is 3. The van der Waals surface area contributed by atoms with Gasteiger partial charge in [0.2, 0.25) is 0 Å². The topological polar surface area (TPSA) is 79.5 Å². The third kappa shape index (κ3) is 3.92. The number of nitrogens with zero attached hydrogens (tertiary/aromatic N) is 2. The molecule has 0 saturated heterocycles. The lowest BCUT2D eigenvalue weighted by molar-refractivity contribution is -0.138. The summed E-state index contributed by atoms with van der Waals surface area (Å²) in [7, 11) is 0. The molecule has 176 valence electrons. The van der Waals surface area contributed by atoms with Crippen LogP contribution in [0.4, 0.5) is 17.1 Å². The Balaban J connectivity index is 1.52. The normalized spacial score (nSPS) is 20.2. The molecule has 2 aliphatic rings. The Bertz CT molecular complexity index is 1220. The summed E-state index contributed by atoms with van der Waals surface area (Å²) in [5, 5.41) is 9.34. The van der Waals surface area contributed by atoms with E-state index in [4.69, 9.17) is 22.3 Å². The summed E-state index contributed by atoms with van der Waals surface area (Å²) >= 11 is 6.77. The van der Waals surface area contributed by atoms with Gasteiger partial charge in [0.25, 0.3) is 0 Å². The van der Waals surface area contributed by atoms with Gasteiger partial charge in [0.05, 0.1) is 16.8 Å². The highest BCUT2D eigenvalue weighted by atomic mass is 35.5. The van der Waals surface area contributed by atoms with E-state index in [2.05, 4.69) is 13.8 Å². The standard InChI is InChI=1S/C28H30ClN3O2/c1-16(2)17-7-10-21(11-8-17)32-24-12-9-19(13-22(24)25(29)27(32)28(33)34)26-23(30)14-20(15-31-26)18-5-3-4-6-18/h7-16,18,25,27H,3-6,30H2,1-2H3,(H,33,34). The number of carbonyl (C=O) groups is 1. The predicted molar refractivity (Wildman–Crippen MR) is 138 cm³/mol. The first-order valence-electron chi connectivity index (χ1n) is 12.0. The second-order valence-corrected chi connectivity index (χ2v) is 10.2. The first kappa shape index (κ1) is 22.7. The van der Waals surface area contributed by atoms with Crippen molar-refractivity contribution in [2.75, 3.05) is 10.6 Å². The third-order valence-electron chi connectivity index (χ3n) is 7.27. The Morgan fingerprint density at radius 2 is 1.82 bits per heavy atom. The Morgan fingerprint density at radius 1 is 1.12 bits per heavy atom. The predicted octanol–water partition coefficient (Wildman–Crippen LogP) is 7.00. The summed E-state index contributed by atoms with van der Waals surface area (Å²) in [6, 6.07) is 15.0. The quantitative estimate of drug-likeness (QED) is 0.388. The van der Waals surface area contributed by atoms with Crippen LogP contribution in [-0.4, -0.2) is 22.1 Å². The first-order chi connectivity index (χ1) is 16.3. The fraction of sp³-hybridized carbons (Fsp3) is 0.357. The molecular formula is C28H30ClN3O2. The number of nitrogens with two attached hydrogens (primary N) is 1. The number of fused-ring (bicyclic) bond motifs is 1. The Kier molecular flexibility index (Phi) is 5.98. The van der Waals surface area contributed by atoms with E-state index in [1.807, 2.05) is 59.6 Å². The molecule has 5 rings (SSSR count). The highest BCUT2D eigenvalue weighted by molar-refractivity contribution is 6.25. The maximum Gasteiger partial charge on any atom is 0.328 e. The lowest BCUT2D eigenvalue weighted by atomic mass is 9.97. The van der Waals surface area contributed by atoms with Gasteiger partial charge < -0.3 is 15.7 Å². The molecule has 1 aromatic heterocycles. The maximum absolute atomic E-state index is 12.3. The van der Waals surface area contributed by atoms with Gasteiger partial charge in [0.15, 0.2) is 6.04 Å². The molecule has 2 aromatic carbocycles. The molecule has 1 aliphatic carbocycles. The minimum Gasteiger partial charge on any atom is -0.480 e. The molecule has 2 unspecified atom stereocenters. The number of carboxylic acids is 1. The average molecular weight is 476 g/mol. The molecule has 5 nitrogen and oxygen atoms in total. The van der Waals surface area contributed by atoms with Gasteiger partial charge in [-0.1, -0.05) is 44.9 Å². The van der Waals surface area contributed by atoms with Crippen molar-refractivity contribution in [2.45, 2.75) is 62.8 Å². The molecular weight excluding hydrogens is 446 g/mol. The Morgan fingerprint density at radius 3 is 2.44 bits per heavy atom. The number of hydrogen-bond acceptors (Lipinski definition) is 4. The number of carboxylic acid groups (broad SMARTS) is 1. The molecule has 6 heteroatoms. The SMILES string of the molecule is CC(C)c1ccc(N2c3ccc(-c4ncc(C5CCCC5)cc4N)cc3C(Cl)C2C(=O)O)cc1. The molecule has 3 N–H and O–H groups in total. The van der Waals surface area contributed by atoms with Crippen molar-refractivity contribution < 1.29 is 9.90 Å². The van der Waals surface area contributed by atoms with Crippen LogP contribution >= 0.6 is 11.6 Å². The van der Waals surface area contributed by atoms with Crippen LogP contribution in [0.2, 0.25) is 0 Å². The van der Waals surface area contributed by atoms with Crippen molar-refractivity contribution in [3.8, 4) is 11.3 Å². The summed E-state index contributed by atoms with van der Waals surface area (Å²) in [5.41, 5.74) is 13.4. The molecule has 1 saturated carbocycles. The average Bonchev–Trinajstić information content (AvgIpc) is 3.46. The zero-order valence-electron chi connectivity index (χ0n) is 19.5. The molecule has 2 heterocycles. The van der Waals surface area contributed by atoms with Gasteiger partial charge >= 0.3 is 5.97 Å². The number of aromatic nitrogens is 1. The maximum atomic E-state index is 12.3. The summed E-state index contributed by atoms with van der Waals surface area (Å²) in [6.45, 7) is 4.27. The molecule has 0 radical (unpaired) electrons. The minimum atomic E-state index is -0.954. The number of aliphatic carboxylic acids is 1. The highest BCUT2D eigenvalue weighted by Gasteiger charge is 2.43. The van der Waals surface area contributed by atoms with Gasteiger partial charge in [-0.3, -0.25) is 4.98 Å². The number of hydrogen-bond donors (Lipinski definition) is 2. The smallest absolute Gasteiger partial charge is 0.328 e. The Hall–Kier alpha value is -3.05. The lowest BCUT2D eigenvalue weighted by Gasteiger charge is -2.26. The van der Waals surface area contributed by atoms with E-state index in [-0.39, 0.29) is 0 Å². The number of benzene rings is 2. The van der Waals surface area contributed by atoms with Crippen LogP contribution < -0.4 is 10.6 Å². The number of nitrogen functional groups attached to an aromatic ring is 1. The zero-order valence-corrected chi connectivity index (χ0v) is 20.3. The van der Waals surface area contributed by atoms with Crippen molar-refractivity contribution in [1.29, 1.82) is 0 Å². The number of rotatable bonds is 5. The van der Waals surface area contributed by atoms with Crippen molar-refractivity contribution in [3.63, 3.8) is 0 Å². The fourth-order valence-corrected chi connectivity index (χ4v) is 5.77. The van der Waals surface area contributed by atoms with Gasteiger partial charge in [-0.2, -0.15) is 0 Å². The molecule has 0 spiro atoms. The summed E-state index contributed by atoms with van der Waals surface area (Å²) < 4.78 is 0. The van der Waals surface area contributed by atoms with Crippen molar-refractivity contribution >= 4 is 34.6 Å². The van der Waals surface area contributed by atoms with E-state index >= 15 is 0 Å². The summed E-state index contributed by atoms with van der Waals surface area (Å²) in [5.74, 6) is -0.0103. The van der Waals surface area contributed by atoms with Gasteiger partial charge in [-0.15, -0.1) is 11.6 Å². The molecule has 3 aromatic rings. The third-order valence-corrected chi connectivity index (χ3v) is 7.74. The van der Waals surface area contributed by atoms with E-state index in [0.717, 1.165) is 22.5 Å². The Labute approximate surface area is 205 Å². The summed E-state index contributed by atoms with van der Waals surface area (Å²) in [4.78, 5) is 18.8. The van der Waals surface area contributed by atoms with Crippen LogP contribution in [-0.2, 0) is 4.79 Å². The van der Waals surface area contributed by atoms with Gasteiger partial charge in [0.1, 0.15) is 0 Å². The molecule has 0 amide bonds. The van der Waals surface area contributed by atoms with Crippen LogP contribution in [0, 0.1) is 0 Å². The van der Waals surface area contributed by atoms with Crippen LogP contribution in [0.1, 0.15) is 73.4 Å². The van der Waals surface area contributed by atoms with Crippen LogP contribution in [0.5, 0.6) is 0 Å². The van der Waals surface area contributed by atoms with Gasteiger partial charge in [-0.05, 0) is 71.7 Å². The largest absolute Gasteiger partial charge is 0.480 e. The molecule has 2 atom stereocenters. The lowest BCUT2D eigenvalue weighted by Crippen LogP contribution is -2.36. The van der Waals surface area contributed by atoms with Gasteiger partial charge in [-0.25, -0.2) is 4.79 Å². The second-order valence-electron chi connectivity index (χ2n) is 9.76. The van der Waals surface area contributed by atoms with Crippen LogP contribution in [0.25, 0.3) is 11.3 Å². The van der Waals surface area contributed by atoms with E-state index in [0.29, 0.717) is 23.2 Å². The van der Waals surface area contributed by atoms with E-state index in [1.165, 1.54) is 36.8 Å². The number of alkyl halides is 1. The highest BCUT2D eigenvalue weighted by Crippen LogP contribution is 2.49. The fourth-order valence-electron chi connectivity index (χ4n) is 5.37. The van der Waals surface area contributed by atoms with E-state index in [1.54, 1.807) is 0 Å². The zero-order chi connectivity index (χ0) is 24.0. The second kappa shape index (κ2) is 8.95. The monoisotopic (exact) mass is 475 g/mol. The number of pyridine rings is 1. The number of halogens is 1. The molecule has 0 bridgehead atoms. The van der Waals surface area contributed by atoms with Gasteiger partial charge in [0, 0.05) is 23.1 Å². The van der Waals surface area contributed by atoms with Crippen LogP contribution in [0.3, 0.4) is 0 Å². The van der Waals surface area contributed by atoms with Crippen molar-refractivity contribution in [2.24, 2.45) is 0 Å². The molecule has 1 aliphatic heterocycles. The first-order valence-corrected chi connectivity index (χ1v) is 12.4.